The maximum atomic E-state index is 12.1. The molecule has 1 aromatic carbocycles. The molecule has 4 nitrogen and oxygen atoms in total. The van der Waals surface area contributed by atoms with Crippen LogP contribution in [0.5, 0.6) is 0 Å². The van der Waals surface area contributed by atoms with Gasteiger partial charge in [0.1, 0.15) is 0 Å². The maximum Gasteiger partial charge on any atom is 0.332 e. The second-order valence-electron chi connectivity index (χ2n) is 4.86. The SMILES string of the molecule is CCCC(C)OP(=O)(O)Cc1c[nH]c2ccccc12. The Labute approximate surface area is 113 Å². The third-order valence-corrected chi connectivity index (χ3v) is 4.51. The van der Waals surface area contributed by atoms with Gasteiger partial charge in [0.05, 0.1) is 12.3 Å². The Balaban J connectivity index is 2.13. The van der Waals surface area contributed by atoms with Crippen molar-refractivity contribution in [3.63, 3.8) is 0 Å². The highest BCUT2D eigenvalue weighted by molar-refractivity contribution is 7.52. The van der Waals surface area contributed by atoms with Crippen molar-refractivity contribution in [3.8, 4) is 0 Å². The molecule has 2 rings (SSSR count). The van der Waals surface area contributed by atoms with Gasteiger partial charge in [0.2, 0.25) is 0 Å². The summed E-state index contributed by atoms with van der Waals surface area (Å²) in [6.45, 7) is 3.86. The number of para-hydroxylation sites is 1. The van der Waals surface area contributed by atoms with E-state index in [0.717, 1.165) is 29.3 Å². The molecule has 0 bridgehead atoms. The number of aromatic amines is 1. The minimum absolute atomic E-state index is 0.0467. The maximum absolute atomic E-state index is 12.1. The van der Waals surface area contributed by atoms with E-state index in [1.165, 1.54) is 0 Å². The van der Waals surface area contributed by atoms with Gasteiger partial charge in [-0.05, 0) is 25.0 Å². The molecule has 0 amide bonds. The molecule has 1 aromatic heterocycles. The van der Waals surface area contributed by atoms with Crippen LogP contribution in [0.1, 0.15) is 32.3 Å². The summed E-state index contributed by atoms with van der Waals surface area (Å²) >= 11 is 0. The lowest BCUT2D eigenvalue weighted by Crippen LogP contribution is -2.06. The molecule has 2 atom stereocenters. The van der Waals surface area contributed by atoms with E-state index in [1.54, 1.807) is 6.20 Å². The molecule has 0 fully saturated rings. The highest BCUT2D eigenvalue weighted by Crippen LogP contribution is 2.48. The number of benzene rings is 1. The third-order valence-electron chi connectivity index (χ3n) is 3.08. The van der Waals surface area contributed by atoms with Crippen LogP contribution in [0.3, 0.4) is 0 Å². The van der Waals surface area contributed by atoms with Gasteiger partial charge in [0.15, 0.2) is 0 Å². The van der Waals surface area contributed by atoms with E-state index in [1.807, 2.05) is 38.1 Å². The lowest BCUT2D eigenvalue weighted by Gasteiger charge is -2.17. The third kappa shape index (κ3) is 3.69. The average molecular weight is 281 g/mol. The zero-order chi connectivity index (χ0) is 13.9. The first-order valence-corrected chi connectivity index (χ1v) is 8.33. The number of H-pyrrole nitrogens is 1. The molecule has 5 heteroatoms. The number of fused-ring (bicyclic) bond motifs is 1. The Bertz CT molecular complexity index is 593. The summed E-state index contributed by atoms with van der Waals surface area (Å²) in [5, 5.41) is 0.975. The molecule has 0 saturated carbocycles. The summed E-state index contributed by atoms with van der Waals surface area (Å²) in [6.07, 6.45) is 3.37. The van der Waals surface area contributed by atoms with Gasteiger partial charge >= 0.3 is 7.60 Å². The number of hydrogen-bond acceptors (Lipinski definition) is 2. The fourth-order valence-electron chi connectivity index (χ4n) is 2.26. The van der Waals surface area contributed by atoms with Crippen molar-refractivity contribution in [3.05, 3.63) is 36.0 Å². The lowest BCUT2D eigenvalue weighted by molar-refractivity contribution is 0.179. The van der Waals surface area contributed by atoms with Gasteiger partial charge in [-0.15, -0.1) is 0 Å². The summed E-state index contributed by atoms with van der Waals surface area (Å²) in [4.78, 5) is 13.1. The Hall–Kier alpha value is -1.09. The van der Waals surface area contributed by atoms with Crippen LogP contribution in [0.2, 0.25) is 0 Å². The van der Waals surface area contributed by atoms with Gasteiger partial charge < -0.3 is 14.4 Å². The quantitative estimate of drug-likeness (QED) is 0.785. The minimum Gasteiger partial charge on any atom is -0.361 e. The van der Waals surface area contributed by atoms with E-state index in [2.05, 4.69) is 4.98 Å². The molecule has 2 N–H and O–H groups in total. The predicted octanol–water partition coefficient (Wildman–Crippen LogP) is 4.06. The van der Waals surface area contributed by atoms with E-state index >= 15 is 0 Å². The second-order valence-corrected chi connectivity index (χ2v) is 6.66. The lowest BCUT2D eigenvalue weighted by atomic mass is 10.2. The van der Waals surface area contributed by atoms with Crippen LogP contribution in [0.4, 0.5) is 0 Å². The first-order chi connectivity index (χ1) is 9.02. The Morgan fingerprint density at radius 2 is 2.16 bits per heavy atom. The van der Waals surface area contributed by atoms with Crippen molar-refractivity contribution in [1.29, 1.82) is 0 Å². The molecule has 2 aromatic rings. The minimum atomic E-state index is -3.59. The molecule has 104 valence electrons. The molecule has 0 spiro atoms. The smallest absolute Gasteiger partial charge is 0.332 e. The van der Waals surface area contributed by atoms with Gasteiger partial charge in [-0.1, -0.05) is 31.5 Å². The van der Waals surface area contributed by atoms with Gasteiger partial charge in [-0.25, -0.2) is 0 Å². The van der Waals surface area contributed by atoms with Crippen LogP contribution in [-0.4, -0.2) is 16.0 Å². The standard InChI is InChI=1S/C14H20NO3P/c1-3-6-11(2)18-19(16,17)10-12-9-15-14-8-5-4-7-13(12)14/h4-5,7-9,11,15H,3,6,10H2,1-2H3,(H,16,17). The molecular weight excluding hydrogens is 261 g/mol. The zero-order valence-electron chi connectivity index (χ0n) is 11.3. The Morgan fingerprint density at radius 3 is 2.89 bits per heavy atom. The van der Waals surface area contributed by atoms with Crippen molar-refractivity contribution in [1.82, 2.24) is 4.98 Å². The van der Waals surface area contributed by atoms with Crippen molar-refractivity contribution >= 4 is 18.5 Å². The van der Waals surface area contributed by atoms with Crippen LogP contribution < -0.4 is 0 Å². The number of hydrogen-bond donors (Lipinski definition) is 2. The second kappa shape index (κ2) is 5.91. The van der Waals surface area contributed by atoms with Crippen LogP contribution in [0.25, 0.3) is 10.9 Å². The summed E-state index contributed by atoms with van der Waals surface area (Å²) in [5.74, 6) is 0. The van der Waals surface area contributed by atoms with E-state index in [-0.39, 0.29) is 12.3 Å². The Morgan fingerprint density at radius 1 is 1.42 bits per heavy atom. The average Bonchev–Trinajstić information content (AvgIpc) is 2.72. The van der Waals surface area contributed by atoms with Crippen molar-refractivity contribution in [2.75, 3.05) is 0 Å². The van der Waals surface area contributed by atoms with Crippen LogP contribution in [0, 0.1) is 0 Å². The molecule has 19 heavy (non-hydrogen) atoms. The van der Waals surface area contributed by atoms with E-state index in [0.29, 0.717) is 0 Å². The van der Waals surface area contributed by atoms with Crippen LogP contribution in [-0.2, 0) is 15.3 Å². The monoisotopic (exact) mass is 281 g/mol. The van der Waals surface area contributed by atoms with Crippen LogP contribution in [0.15, 0.2) is 30.5 Å². The van der Waals surface area contributed by atoms with E-state index < -0.39 is 7.60 Å². The highest BCUT2D eigenvalue weighted by atomic mass is 31.2. The molecule has 0 radical (unpaired) electrons. The van der Waals surface area contributed by atoms with Gasteiger partial charge in [-0.2, -0.15) is 0 Å². The first kappa shape index (κ1) is 14.3. The van der Waals surface area contributed by atoms with Crippen molar-refractivity contribution in [2.45, 2.75) is 39.0 Å². The Kier molecular flexibility index (Phi) is 4.46. The molecular formula is C14H20NO3P. The molecule has 0 aliphatic carbocycles. The zero-order valence-corrected chi connectivity index (χ0v) is 12.2. The molecule has 0 aliphatic heterocycles. The summed E-state index contributed by atoms with van der Waals surface area (Å²) < 4.78 is 17.4. The first-order valence-electron chi connectivity index (χ1n) is 6.57. The fourth-order valence-corrected chi connectivity index (χ4v) is 3.69. The van der Waals surface area contributed by atoms with E-state index in [9.17, 15) is 9.46 Å². The predicted molar refractivity (Wildman–Crippen MR) is 77.3 cm³/mol. The molecule has 0 saturated heterocycles. The van der Waals surface area contributed by atoms with Crippen LogP contribution >= 0.6 is 7.60 Å². The van der Waals surface area contributed by atoms with Gasteiger partial charge in [0.25, 0.3) is 0 Å². The summed E-state index contributed by atoms with van der Waals surface area (Å²) in [5.41, 5.74) is 1.80. The number of aromatic nitrogens is 1. The van der Waals surface area contributed by atoms with Gasteiger partial charge in [-0.3, -0.25) is 4.57 Å². The summed E-state index contributed by atoms with van der Waals surface area (Å²) in [6, 6.07) is 7.74. The largest absolute Gasteiger partial charge is 0.361 e. The van der Waals surface area contributed by atoms with Crippen molar-refractivity contribution in [2.24, 2.45) is 0 Å². The fraction of sp³-hybridized carbons (Fsp3) is 0.429. The van der Waals surface area contributed by atoms with Crippen molar-refractivity contribution < 1.29 is 14.0 Å². The highest BCUT2D eigenvalue weighted by Gasteiger charge is 2.24. The number of nitrogens with one attached hydrogen (secondary N) is 1. The number of rotatable bonds is 6. The topological polar surface area (TPSA) is 62.3 Å². The summed E-state index contributed by atoms with van der Waals surface area (Å²) in [7, 11) is -3.59. The van der Waals surface area contributed by atoms with E-state index in [4.69, 9.17) is 4.52 Å². The normalized spacial score (nSPS) is 16.4. The van der Waals surface area contributed by atoms with Gasteiger partial charge in [0, 0.05) is 17.1 Å². The molecule has 0 aliphatic rings. The molecule has 1 heterocycles. The molecule has 2 unspecified atom stereocenters.